The fourth-order valence-electron chi connectivity index (χ4n) is 5.29. The van der Waals surface area contributed by atoms with Crippen molar-refractivity contribution in [2.24, 2.45) is 0 Å². The van der Waals surface area contributed by atoms with Crippen molar-refractivity contribution >= 4 is 5.97 Å². The summed E-state index contributed by atoms with van der Waals surface area (Å²) >= 11 is 0. The molecule has 0 bridgehead atoms. The van der Waals surface area contributed by atoms with E-state index in [9.17, 15) is 25.2 Å². The standard InChI is InChI=1S/C35H62O6/c1-3-4-5-6-7-8-9-10-11-12-13-20-25-33(38)34(39)26-21-15-14-17-22-31(36)23-18-16-19-24-32(37)28-30-27-29(2)41-35(30)40/h12-15,27,29,31-34,36-39H,3-11,16-26,28H2,1-2H3/b13-12-,15-14-/t29?,31-,32?,33?,34?/m0/s1. The van der Waals surface area contributed by atoms with Crippen LogP contribution in [0.1, 0.15) is 149 Å². The van der Waals surface area contributed by atoms with E-state index in [1.807, 2.05) is 13.0 Å². The second kappa shape index (κ2) is 25.1. The maximum Gasteiger partial charge on any atom is 0.334 e. The molecule has 41 heavy (non-hydrogen) atoms. The van der Waals surface area contributed by atoms with E-state index < -0.39 is 18.3 Å². The molecule has 5 atom stereocenters. The quantitative estimate of drug-likeness (QED) is 0.0454. The molecule has 0 aliphatic carbocycles. The van der Waals surface area contributed by atoms with Gasteiger partial charge in [0.1, 0.15) is 6.10 Å². The first-order chi connectivity index (χ1) is 19.8. The van der Waals surface area contributed by atoms with E-state index in [2.05, 4.69) is 25.2 Å². The number of ether oxygens (including phenoxy) is 1. The van der Waals surface area contributed by atoms with Gasteiger partial charge in [0.05, 0.1) is 24.4 Å². The molecular weight excluding hydrogens is 516 g/mol. The fraction of sp³-hybridized carbons (Fsp3) is 0.800. The summed E-state index contributed by atoms with van der Waals surface area (Å²) in [5.74, 6) is -0.315. The Bertz CT molecular complexity index is 730. The summed E-state index contributed by atoms with van der Waals surface area (Å²) in [7, 11) is 0. The van der Waals surface area contributed by atoms with Crippen molar-refractivity contribution in [3.8, 4) is 0 Å². The summed E-state index contributed by atoms with van der Waals surface area (Å²) in [6.45, 7) is 4.07. The van der Waals surface area contributed by atoms with Gasteiger partial charge in [-0.1, -0.05) is 95.4 Å². The first-order valence-electron chi connectivity index (χ1n) is 16.8. The van der Waals surface area contributed by atoms with E-state index in [1.54, 1.807) is 6.08 Å². The Morgan fingerprint density at radius 2 is 1.15 bits per heavy atom. The predicted octanol–water partition coefficient (Wildman–Crippen LogP) is 7.63. The molecule has 1 aliphatic rings. The third-order valence-corrected chi connectivity index (χ3v) is 7.95. The number of cyclic esters (lactones) is 1. The molecule has 0 aromatic rings. The van der Waals surface area contributed by atoms with Crippen molar-refractivity contribution in [3.63, 3.8) is 0 Å². The van der Waals surface area contributed by atoms with Crippen LogP contribution in [0.4, 0.5) is 0 Å². The number of unbranched alkanes of at least 4 members (excludes halogenated alkanes) is 10. The maximum atomic E-state index is 11.6. The number of esters is 1. The molecule has 0 saturated carbocycles. The Morgan fingerprint density at radius 3 is 1.71 bits per heavy atom. The van der Waals surface area contributed by atoms with Crippen molar-refractivity contribution < 1.29 is 30.0 Å². The predicted molar refractivity (Wildman–Crippen MR) is 169 cm³/mol. The molecule has 1 rings (SSSR count). The Labute approximate surface area is 251 Å². The molecule has 0 aromatic heterocycles. The van der Waals surface area contributed by atoms with Gasteiger partial charge in [0, 0.05) is 12.0 Å². The number of aliphatic hydroxyl groups is 4. The molecule has 238 valence electrons. The second-order valence-electron chi connectivity index (χ2n) is 12.0. The monoisotopic (exact) mass is 578 g/mol. The lowest BCUT2D eigenvalue weighted by molar-refractivity contribution is -0.139. The van der Waals surface area contributed by atoms with Crippen LogP contribution in [-0.2, 0) is 9.53 Å². The molecule has 1 heterocycles. The van der Waals surface area contributed by atoms with Crippen molar-refractivity contribution in [2.45, 2.75) is 179 Å². The minimum absolute atomic E-state index is 0.197. The summed E-state index contributed by atoms with van der Waals surface area (Å²) < 4.78 is 5.06. The largest absolute Gasteiger partial charge is 0.455 e. The molecule has 4 N–H and O–H groups in total. The molecule has 0 saturated heterocycles. The number of rotatable bonds is 27. The zero-order valence-electron chi connectivity index (χ0n) is 26.2. The van der Waals surface area contributed by atoms with E-state index in [-0.39, 0.29) is 18.2 Å². The van der Waals surface area contributed by atoms with Crippen LogP contribution >= 0.6 is 0 Å². The lowest BCUT2D eigenvalue weighted by atomic mass is 10.0. The van der Waals surface area contributed by atoms with Crippen LogP contribution in [0.5, 0.6) is 0 Å². The topological polar surface area (TPSA) is 107 Å². The van der Waals surface area contributed by atoms with Gasteiger partial charge in [0.25, 0.3) is 0 Å². The second-order valence-corrected chi connectivity index (χ2v) is 12.0. The van der Waals surface area contributed by atoms with Crippen LogP contribution in [-0.4, -0.2) is 56.9 Å². The Morgan fingerprint density at radius 1 is 0.659 bits per heavy atom. The molecule has 0 aromatic carbocycles. The van der Waals surface area contributed by atoms with E-state index in [1.165, 1.54) is 51.4 Å². The van der Waals surface area contributed by atoms with Crippen molar-refractivity contribution in [2.75, 3.05) is 0 Å². The van der Waals surface area contributed by atoms with Gasteiger partial charge < -0.3 is 25.2 Å². The van der Waals surface area contributed by atoms with Crippen LogP contribution in [0.25, 0.3) is 0 Å². The molecule has 0 amide bonds. The minimum Gasteiger partial charge on any atom is -0.455 e. The van der Waals surface area contributed by atoms with Gasteiger partial charge in [-0.05, 0) is 77.2 Å². The number of allylic oxidation sites excluding steroid dienone is 4. The smallest absolute Gasteiger partial charge is 0.334 e. The number of carbonyl (C=O) groups excluding carboxylic acids is 1. The highest BCUT2D eigenvalue weighted by Crippen LogP contribution is 2.21. The average molecular weight is 579 g/mol. The van der Waals surface area contributed by atoms with Gasteiger partial charge in [-0.15, -0.1) is 0 Å². The Kier molecular flexibility index (Phi) is 23.0. The average Bonchev–Trinajstić information content (AvgIpc) is 3.26. The summed E-state index contributed by atoms with van der Waals surface area (Å²) in [5.41, 5.74) is 0.575. The molecule has 6 nitrogen and oxygen atoms in total. The van der Waals surface area contributed by atoms with Gasteiger partial charge in [-0.2, -0.15) is 0 Å². The number of aliphatic hydroxyl groups excluding tert-OH is 4. The van der Waals surface area contributed by atoms with E-state index >= 15 is 0 Å². The summed E-state index contributed by atoms with van der Waals surface area (Å²) in [5, 5.41) is 40.8. The Balaban J connectivity index is 1.94. The number of hydrogen-bond donors (Lipinski definition) is 4. The van der Waals surface area contributed by atoms with Gasteiger partial charge in [0.15, 0.2) is 0 Å². The highest BCUT2D eigenvalue weighted by molar-refractivity contribution is 5.90. The molecule has 1 aliphatic heterocycles. The Hall–Kier alpha value is -1.47. The van der Waals surface area contributed by atoms with E-state index in [4.69, 9.17) is 4.74 Å². The fourth-order valence-corrected chi connectivity index (χ4v) is 5.29. The van der Waals surface area contributed by atoms with Crippen molar-refractivity contribution in [1.82, 2.24) is 0 Å². The molecule has 0 fully saturated rings. The van der Waals surface area contributed by atoms with Gasteiger partial charge in [-0.25, -0.2) is 4.79 Å². The van der Waals surface area contributed by atoms with Crippen LogP contribution < -0.4 is 0 Å². The van der Waals surface area contributed by atoms with Gasteiger partial charge >= 0.3 is 5.97 Å². The van der Waals surface area contributed by atoms with Crippen LogP contribution in [0.15, 0.2) is 36.0 Å². The third kappa shape index (κ3) is 21.0. The highest BCUT2D eigenvalue weighted by atomic mass is 16.5. The number of carbonyl (C=O) groups is 1. The first kappa shape index (κ1) is 37.6. The first-order valence-corrected chi connectivity index (χ1v) is 16.8. The van der Waals surface area contributed by atoms with Crippen molar-refractivity contribution in [3.05, 3.63) is 36.0 Å². The van der Waals surface area contributed by atoms with Gasteiger partial charge in [-0.3, -0.25) is 0 Å². The van der Waals surface area contributed by atoms with E-state index in [0.29, 0.717) is 37.7 Å². The van der Waals surface area contributed by atoms with Gasteiger partial charge in [0.2, 0.25) is 0 Å². The lowest BCUT2D eigenvalue weighted by Crippen LogP contribution is -2.25. The van der Waals surface area contributed by atoms with Crippen LogP contribution in [0, 0.1) is 0 Å². The lowest BCUT2D eigenvalue weighted by Gasteiger charge is -2.16. The summed E-state index contributed by atoms with van der Waals surface area (Å²) in [4.78, 5) is 11.6. The third-order valence-electron chi connectivity index (χ3n) is 7.95. The van der Waals surface area contributed by atoms with Crippen LogP contribution in [0.3, 0.4) is 0 Å². The SMILES string of the molecule is CCCCCCCCCC/C=C\CCC(O)C(O)CC/C=C\CC[C@H](O)CCCCCC(O)CC1=CC(C)OC1=O. The zero-order chi connectivity index (χ0) is 30.1. The molecule has 4 unspecified atom stereocenters. The normalized spacial score (nSPS) is 18.6. The molecule has 0 radical (unpaired) electrons. The zero-order valence-corrected chi connectivity index (χ0v) is 26.2. The van der Waals surface area contributed by atoms with Crippen LogP contribution in [0.2, 0.25) is 0 Å². The van der Waals surface area contributed by atoms with Crippen molar-refractivity contribution in [1.29, 1.82) is 0 Å². The van der Waals surface area contributed by atoms with E-state index in [0.717, 1.165) is 51.4 Å². The summed E-state index contributed by atoms with van der Waals surface area (Å²) in [6, 6.07) is 0. The molecule has 6 heteroatoms. The summed E-state index contributed by atoms with van der Waals surface area (Å²) in [6.07, 6.45) is 28.2. The maximum absolute atomic E-state index is 11.6. The molecular formula is C35H62O6. The number of hydrogen-bond acceptors (Lipinski definition) is 6. The minimum atomic E-state index is -0.697. The molecule has 0 spiro atoms. The highest BCUT2D eigenvalue weighted by Gasteiger charge is 2.24.